The Bertz CT molecular complexity index is 485. The Morgan fingerprint density at radius 1 is 1.17 bits per heavy atom. The van der Waals surface area contributed by atoms with E-state index in [1.807, 2.05) is 18.2 Å². The van der Waals surface area contributed by atoms with E-state index in [1.165, 1.54) is 0 Å². The molecule has 0 radical (unpaired) electrons. The zero-order valence-electron chi connectivity index (χ0n) is 10.5. The molecule has 0 saturated heterocycles. The Morgan fingerprint density at radius 3 is 2.72 bits per heavy atom. The van der Waals surface area contributed by atoms with Gasteiger partial charge in [-0.2, -0.15) is 5.21 Å². The Kier molecular flexibility index (Phi) is 4.11. The Morgan fingerprint density at radius 2 is 2.06 bits per heavy atom. The number of ether oxygens (including phenoxy) is 2. The monoisotopic (exact) mass is 248 g/mol. The molecule has 0 saturated carbocycles. The molecule has 0 aliphatic heterocycles. The Labute approximate surface area is 105 Å². The van der Waals surface area contributed by atoms with Gasteiger partial charge in [0, 0.05) is 12.5 Å². The summed E-state index contributed by atoms with van der Waals surface area (Å²) in [6, 6.07) is 5.85. The van der Waals surface area contributed by atoms with Crippen LogP contribution in [0.4, 0.5) is 0 Å². The fourth-order valence-corrected chi connectivity index (χ4v) is 1.78. The van der Waals surface area contributed by atoms with Crippen molar-refractivity contribution in [3.63, 3.8) is 0 Å². The van der Waals surface area contributed by atoms with Crippen molar-refractivity contribution in [1.29, 1.82) is 0 Å². The summed E-state index contributed by atoms with van der Waals surface area (Å²) in [6.45, 7) is 0. The maximum absolute atomic E-state index is 5.35. The molecule has 0 unspecified atom stereocenters. The van der Waals surface area contributed by atoms with Gasteiger partial charge in [0.05, 0.1) is 14.2 Å². The van der Waals surface area contributed by atoms with Gasteiger partial charge in [0.2, 0.25) is 0 Å². The molecule has 18 heavy (non-hydrogen) atoms. The van der Waals surface area contributed by atoms with E-state index in [-0.39, 0.29) is 0 Å². The minimum atomic E-state index is 0.738. The molecule has 2 aromatic rings. The first-order chi connectivity index (χ1) is 8.83. The number of methoxy groups -OCH3 is 2. The molecule has 0 amide bonds. The maximum atomic E-state index is 5.35. The summed E-state index contributed by atoms with van der Waals surface area (Å²) in [5.74, 6) is 2.39. The molecule has 1 heterocycles. The molecule has 0 aliphatic rings. The predicted molar refractivity (Wildman–Crippen MR) is 65.7 cm³/mol. The SMILES string of the molecule is COc1ccc(CCCc2nn[nH]n2)c(OC)c1. The number of H-pyrrole nitrogens is 1. The molecule has 1 aromatic heterocycles. The van der Waals surface area contributed by atoms with Crippen LogP contribution in [0.1, 0.15) is 17.8 Å². The van der Waals surface area contributed by atoms with Crippen molar-refractivity contribution in [3.8, 4) is 11.5 Å². The van der Waals surface area contributed by atoms with Crippen molar-refractivity contribution in [2.24, 2.45) is 0 Å². The minimum Gasteiger partial charge on any atom is -0.497 e. The molecule has 0 bridgehead atoms. The zero-order chi connectivity index (χ0) is 12.8. The summed E-state index contributed by atoms with van der Waals surface area (Å²) in [5.41, 5.74) is 1.15. The molecule has 1 aromatic carbocycles. The molecule has 0 aliphatic carbocycles. The Balaban J connectivity index is 1.96. The van der Waals surface area contributed by atoms with Crippen molar-refractivity contribution in [3.05, 3.63) is 29.6 Å². The van der Waals surface area contributed by atoms with E-state index in [2.05, 4.69) is 20.6 Å². The molecule has 1 N–H and O–H groups in total. The van der Waals surface area contributed by atoms with Gasteiger partial charge in [-0.15, -0.1) is 10.2 Å². The second kappa shape index (κ2) is 6.00. The third kappa shape index (κ3) is 2.97. The molecular formula is C12H16N4O2. The molecule has 6 nitrogen and oxygen atoms in total. The van der Waals surface area contributed by atoms with Crippen molar-refractivity contribution >= 4 is 0 Å². The number of rotatable bonds is 6. The third-order valence-corrected chi connectivity index (χ3v) is 2.73. The molecule has 96 valence electrons. The lowest BCUT2D eigenvalue weighted by Gasteiger charge is -2.09. The molecular weight excluding hydrogens is 232 g/mol. The van der Waals surface area contributed by atoms with E-state index in [0.717, 1.165) is 42.1 Å². The highest BCUT2D eigenvalue weighted by Gasteiger charge is 2.06. The van der Waals surface area contributed by atoms with Crippen LogP contribution in [0.15, 0.2) is 18.2 Å². The first kappa shape index (κ1) is 12.3. The van der Waals surface area contributed by atoms with Crippen molar-refractivity contribution in [2.75, 3.05) is 14.2 Å². The van der Waals surface area contributed by atoms with Crippen molar-refractivity contribution < 1.29 is 9.47 Å². The van der Waals surface area contributed by atoms with E-state index in [0.29, 0.717) is 0 Å². The van der Waals surface area contributed by atoms with Crippen LogP contribution in [-0.4, -0.2) is 34.8 Å². The second-order valence-electron chi connectivity index (χ2n) is 3.86. The van der Waals surface area contributed by atoms with Crippen LogP contribution in [0.5, 0.6) is 11.5 Å². The van der Waals surface area contributed by atoms with Gasteiger partial charge < -0.3 is 9.47 Å². The fourth-order valence-electron chi connectivity index (χ4n) is 1.78. The average Bonchev–Trinajstić information content (AvgIpc) is 2.92. The largest absolute Gasteiger partial charge is 0.497 e. The number of aromatic amines is 1. The number of aromatic nitrogens is 4. The minimum absolute atomic E-state index is 0.738. The normalized spacial score (nSPS) is 10.3. The number of nitrogens with one attached hydrogen (secondary N) is 1. The van der Waals surface area contributed by atoms with Crippen molar-refractivity contribution in [1.82, 2.24) is 20.6 Å². The van der Waals surface area contributed by atoms with E-state index in [4.69, 9.17) is 9.47 Å². The lowest BCUT2D eigenvalue weighted by molar-refractivity contribution is 0.390. The number of nitrogens with zero attached hydrogens (tertiary/aromatic N) is 3. The Hall–Kier alpha value is -2.11. The number of hydrogen-bond acceptors (Lipinski definition) is 5. The van der Waals surface area contributed by atoms with E-state index in [9.17, 15) is 0 Å². The first-order valence-electron chi connectivity index (χ1n) is 5.76. The highest BCUT2D eigenvalue weighted by Crippen LogP contribution is 2.25. The summed E-state index contributed by atoms with van der Waals surface area (Å²) in [5, 5.41) is 13.8. The van der Waals surface area contributed by atoms with Crippen LogP contribution in [0, 0.1) is 0 Å². The van der Waals surface area contributed by atoms with Gasteiger partial charge in [-0.05, 0) is 24.5 Å². The number of hydrogen-bond donors (Lipinski definition) is 1. The van der Waals surface area contributed by atoms with Gasteiger partial charge in [0.15, 0.2) is 5.82 Å². The topological polar surface area (TPSA) is 72.9 Å². The summed E-state index contributed by atoms with van der Waals surface area (Å²) in [4.78, 5) is 0. The zero-order valence-corrected chi connectivity index (χ0v) is 10.5. The quantitative estimate of drug-likeness (QED) is 0.836. The maximum Gasteiger partial charge on any atom is 0.174 e. The highest BCUT2D eigenvalue weighted by atomic mass is 16.5. The van der Waals surface area contributed by atoms with Gasteiger partial charge in [0.25, 0.3) is 0 Å². The van der Waals surface area contributed by atoms with Crippen LogP contribution in [0.3, 0.4) is 0 Å². The fraction of sp³-hybridized carbons (Fsp3) is 0.417. The number of tetrazole rings is 1. The van der Waals surface area contributed by atoms with E-state index < -0.39 is 0 Å². The van der Waals surface area contributed by atoms with Crippen LogP contribution < -0.4 is 9.47 Å². The van der Waals surface area contributed by atoms with Gasteiger partial charge in [0.1, 0.15) is 11.5 Å². The van der Waals surface area contributed by atoms with E-state index in [1.54, 1.807) is 14.2 Å². The highest BCUT2D eigenvalue weighted by molar-refractivity contribution is 5.40. The lowest BCUT2D eigenvalue weighted by Crippen LogP contribution is -1.96. The van der Waals surface area contributed by atoms with Gasteiger partial charge >= 0.3 is 0 Å². The lowest BCUT2D eigenvalue weighted by atomic mass is 10.1. The average molecular weight is 248 g/mol. The molecule has 0 atom stereocenters. The molecule has 6 heteroatoms. The van der Waals surface area contributed by atoms with Gasteiger partial charge in [-0.3, -0.25) is 0 Å². The number of benzene rings is 1. The summed E-state index contributed by atoms with van der Waals surface area (Å²) in [6.07, 6.45) is 2.65. The van der Waals surface area contributed by atoms with E-state index >= 15 is 0 Å². The second-order valence-corrected chi connectivity index (χ2v) is 3.86. The van der Waals surface area contributed by atoms with Crippen LogP contribution in [-0.2, 0) is 12.8 Å². The predicted octanol–water partition coefficient (Wildman–Crippen LogP) is 1.39. The smallest absolute Gasteiger partial charge is 0.174 e. The number of aryl methyl sites for hydroxylation is 2. The summed E-state index contributed by atoms with van der Waals surface area (Å²) in [7, 11) is 3.31. The molecule has 0 spiro atoms. The summed E-state index contributed by atoms with van der Waals surface area (Å²) >= 11 is 0. The molecule has 2 rings (SSSR count). The third-order valence-electron chi connectivity index (χ3n) is 2.73. The first-order valence-corrected chi connectivity index (χ1v) is 5.76. The van der Waals surface area contributed by atoms with Crippen molar-refractivity contribution in [2.45, 2.75) is 19.3 Å². The van der Waals surface area contributed by atoms with Gasteiger partial charge in [-0.1, -0.05) is 11.3 Å². The standard InChI is InChI=1S/C12H16N4O2/c1-17-10-7-6-9(11(8-10)18-2)4-3-5-12-13-15-16-14-12/h6-8H,3-5H2,1-2H3,(H,13,14,15,16). The van der Waals surface area contributed by atoms with Crippen LogP contribution in [0.2, 0.25) is 0 Å². The van der Waals surface area contributed by atoms with Gasteiger partial charge in [-0.25, -0.2) is 0 Å². The van der Waals surface area contributed by atoms with Crippen LogP contribution >= 0.6 is 0 Å². The molecule has 0 fully saturated rings. The summed E-state index contributed by atoms with van der Waals surface area (Å²) < 4.78 is 10.5. The van der Waals surface area contributed by atoms with Crippen LogP contribution in [0.25, 0.3) is 0 Å².